The van der Waals surface area contributed by atoms with E-state index in [1.54, 1.807) is 0 Å². The molecular formula is C14H26N6O. The van der Waals surface area contributed by atoms with Gasteiger partial charge in [0.15, 0.2) is 0 Å². The predicted molar refractivity (Wildman–Crippen MR) is 82.9 cm³/mol. The molecular weight excluding hydrogens is 268 g/mol. The number of hydrogen-bond donors (Lipinski definition) is 3. The van der Waals surface area contributed by atoms with Crippen molar-refractivity contribution in [2.24, 2.45) is 22.6 Å². The van der Waals surface area contributed by atoms with Gasteiger partial charge in [-0.05, 0) is 30.6 Å². The van der Waals surface area contributed by atoms with Gasteiger partial charge in [0, 0.05) is 6.54 Å². The molecule has 7 heteroatoms. The van der Waals surface area contributed by atoms with Crippen LogP contribution in [0.5, 0.6) is 6.01 Å². The number of anilines is 2. The fourth-order valence-electron chi connectivity index (χ4n) is 2.80. The van der Waals surface area contributed by atoms with Crippen molar-refractivity contribution < 1.29 is 4.74 Å². The van der Waals surface area contributed by atoms with E-state index in [9.17, 15) is 0 Å². The number of rotatable bonds is 6. The number of aromatic nitrogens is 3. The van der Waals surface area contributed by atoms with Crippen LogP contribution < -0.4 is 21.3 Å². The second-order valence-corrected chi connectivity index (χ2v) is 6.95. The van der Waals surface area contributed by atoms with Gasteiger partial charge >= 0.3 is 6.01 Å². The van der Waals surface area contributed by atoms with Crippen molar-refractivity contribution in [1.29, 1.82) is 0 Å². The first-order chi connectivity index (χ1) is 9.68. The van der Waals surface area contributed by atoms with E-state index in [2.05, 4.69) is 53.4 Å². The molecule has 0 radical (unpaired) electrons. The largest absolute Gasteiger partial charge is 0.461 e. The van der Waals surface area contributed by atoms with Gasteiger partial charge in [0.2, 0.25) is 11.9 Å². The van der Waals surface area contributed by atoms with Crippen LogP contribution in [0.4, 0.5) is 11.9 Å². The molecule has 0 spiro atoms. The zero-order valence-corrected chi connectivity index (χ0v) is 13.7. The standard InChI is InChI=1S/C14H26N6O/c1-8(2)21-12-18-10(17-11(19-12)20-15)16-7-9-13(3,4)14(9,5)6/h8-9H,7,15H2,1-6H3,(H2,16,17,18,19,20). The summed E-state index contributed by atoms with van der Waals surface area (Å²) < 4.78 is 5.50. The summed E-state index contributed by atoms with van der Waals surface area (Å²) >= 11 is 0. The topological polar surface area (TPSA) is 98.0 Å². The molecule has 1 aliphatic rings. The third kappa shape index (κ3) is 3.02. The minimum atomic E-state index is -0.00725. The second-order valence-electron chi connectivity index (χ2n) is 6.95. The van der Waals surface area contributed by atoms with Crippen LogP contribution in [0.2, 0.25) is 0 Å². The smallest absolute Gasteiger partial charge is 0.323 e. The molecule has 1 heterocycles. The highest BCUT2D eigenvalue weighted by molar-refractivity contribution is 5.35. The maximum absolute atomic E-state index is 5.50. The number of nitrogen functional groups attached to an aromatic ring is 1. The second kappa shape index (κ2) is 5.29. The summed E-state index contributed by atoms with van der Waals surface area (Å²) in [5, 5.41) is 3.27. The monoisotopic (exact) mass is 294 g/mol. The minimum absolute atomic E-state index is 0.00725. The van der Waals surface area contributed by atoms with Crippen molar-refractivity contribution in [2.75, 3.05) is 17.3 Å². The highest BCUT2D eigenvalue weighted by Crippen LogP contribution is 2.68. The SMILES string of the molecule is CC(C)Oc1nc(NN)nc(NCC2C(C)(C)C2(C)C)n1. The summed E-state index contributed by atoms with van der Waals surface area (Å²) in [7, 11) is 0. The van der Waals surface area contributed by atoms with E-state index in [0.29, 0.717) is 22.7 Å². The first-order valence-electron chi connectivity index (χ1n) is 7.31. The molecule has 0 aliphatic heterocycles. The fourth-order valence-corrected chi connectivity index (χ4v) is 2.80. The van der Waals surface area contributed by atoms with Crippen LogP contribution in [-0.2, 0) is 0 Å². The molecule has 118 valence electrons. The zero-order valence-electron chi connectivity index (χ0n) is 13.7. The van der Waals surface area contributed by atoms with Crippen LogP contribution in [0.25, 0.3) is 0 Å². The van der Waals surface area contributed by atoms with E-state index in [0.717, 1.165) is 6.54 Å². The van der Waals surface area contributed by atoms with E-state index in [1.807, 2.05) is 13.8 Å². The maximum atomic E-state index is 5.50. The summed E-state index contributed by atoms with van der Waals surface area (Å²) in [6.45, 7) is 13.8. The van der Waals surface area contributed by atoms with Crippen molar-refractivity contribution in [3.05, 3.63) is 0 Å². The normalized spacial score (nSPS) is 19.4. The van der Waals surface area contributed by atoms with Crippen LogP contribution in [0, 0.1) is 16.7 Å². The van der Waals surface area contributed by atoms with Crippen LogP contribution in [0.15, 0.2) is 0 Å². The molecule has 4 N–H and O–H groups in total. The number of hydrogen-bond acceptors (Lipinski definition) is 7. The predicted octanol–water partition coefficient (Wildman–Crippen LogP) is 2.04. The number of ether oxygens (including phenoxy) is 1. The van der Waals surface area contributed by atoms with E-state index in [-0.39, 0.29) is 18.1 Å². The third-order valence-electron chi connectivity index (χ3n) is 4.87. The van der Waals surface area contributed by atoms with Gasteiger partial charge in [-0.3, -0.25) is 5.43 Å². The Kier molecular flexibility index (Phi) is 3.97. The molecule has 1 aromatic heterocycles. The molecule has 0 atom stereocenters. The van der Waals surface area contributed by atoms with Gasteiger partial charge in [-0.1, -0.05) is 27.7 Å². The lowest BCUT2D eigenvalue weighted by Crippen LogP contribution is -2.17. The Balaban J connectivity index is 2.06. The Labute approximate surface area is 126 Å². The molecule has 1 aliphatic carbocycles. The molecule has 7 nitrogen and oxygen atoms in total. The first-order valence-corrected chi connectivity index (χ1v) is 7.31. The molecule has 1 fully saturated rings. The average Bonchev–Trinajstić information content (AvgIpc) is 2.76. The first kappa shape index (κ1) is 15.8. The van der Waals surface area contributed by atoms with Gasteiger partial charge in [-0.2, -0.15) is 15.0 Å². The van der Waals surface area contributed by atoms with Crippen LogP contribution in [0.3, 0.4) is 0 Å². The molecule has 0 unspecified atom stereocenters. The van der Waals surface area contributed by atoms with Gasteiger partial charge < -0.3 is 10.1 Å². The Hall–Kier alpha value is -1.63. The van der Waals surface area contributed by atoms with Gasteiger partial charge in [0.05, 0.1) is 6.10 Å². The van der Waals surface area contributed by atoms with Crippen LogP contribution in [-0.4, -0.2) is 27.6 Å². The zero-order chi connectivity index (χ0) is 15.8. The average molecular weight is 294 g/mol. The Morgan fingerprint density at radius 2 is 1.67 bits per heavy atom. The highest BCUT2D eigenvalue weighted by Gasteiger charge is 2.64. The van der Waals surface area contributed by atoms with E-state index in [1.165, 1.54) is 0 Å². The van der Waals surface area contributed by atoms with Crippen molar-refractivity contribution in [2.45, 2.75) is 47.6 Å². The Morgan fingerprint density at radius 3 is 2.14 bits per heavy atom. The molecule has 0 saturated heterocycles. The summed E-state index contributed by atoms with van der Waals surface area (Å²) in [6, 6.07) is 0.268. The highest BCUT2D eigenvalue weighted by atomic mass is 16.5. The van der Waals surface area contributed by atoms with Gasteiger partial charge in [0.1, 0.15) is 0 Å². The summed E-state index contributed by atoms with van der Waals surface area (Å²) in [6.07, 6.45) is -0.00725. The Bertz CT molecular complexity index is 500. The quantitative estimate of drug-likeness (QED) is 0.545. The molecule has 0 amide bonds. The van der Waals surface area contributed by atoms with Crippen molar-refractivity contribution in [3.63, 3.8) is 0 Å². The molecule has 21 heavy (non-hydrogen) atoms. The lowest BCUT2D eigenvalue weighted by atomic mass is 10.0. The van der Waals surface area contributed by atoms with Crippen molar-refractivity contribution in [1.82, 2.24) is 15.0 Å². The fraction of sp³-hybridized carbons (Fsp3) is 0.786. The van der Waals surface area contributed by atoms with E-state index < -0.39 is 0 Å². The van der Waals surface area contributed by atoms with E-state index >= 15 is 0 Å². The van der Waals surface area contributed by atoms with E-state index in [4.69, 9.17) is 10.6 Å². The van der Waals surface area contributed by atoms with Gasteiger partial charge in [0.25, 0.3) is 0 Å². The van der Waals surface area contributed by atoms with Crippen LogP contribution in [0.1, 0.15) is 41.5 Å². The minimum Gasteiger partial charge on any atom is -0.461 e. The van der Waals surface area contributed by atoms with Crippen LogP contribution >= 0.6 is 0 Å². The van der Waals surface area contributed by atoms with Gasteiger partial charge in [-0.25, -0.2) is 5.84 Å². The Morgan fingerprint density at radius 1 is 1.10 bits per heavy atom. The molecule has 0 aromatic carbocycles. The van der Waals surface area contributed by atoms with Gasteiger partial charge in [-0.15, -0.1) is 0 Å². The number of nitrogens with one attached hydrogen (secondary N) is 2. The number of nitrogens with zero attached hydrogens (tertiary/aromatic N) is 3. The van der Waals surface area contributed by atoms with Crippen molar-refractivity contribution in [3.8, 4) is 6.01 Å². The van der Waals surface area contributed by atoms with Crippen molar-refractivity contribution >= 4 is 11.9 Å². The third-order valence-corrected chi connectivity index (χ3v) is 4.87. The maximum Gasteiger partial charge on any atom is 0.323 e. The molecule has 2 rings (SSSR count). The number of hydrazine groups is 1. The molecule has 1 aromatic rings. The summed E-state index contributed by atoms with van der Waals surface area (Å²) in [4.78, 5) is 12.5. The molecule has 1 saturated carbocycles. The summed E-state index contributed by atoms with van der Waals surface area (Å²) in [5.41, 5.74) is 3.07. The number of nitrogens with two attached hydrogens (primary N) is 1. The molecule has 0 bridgehead atoms. The lowest BCUT2D eigenvalue weighted by molar-refractivity contribution is 0.222. The summed E-state index contributed by atoms with van der Waals surface area (Å²) in [5.74, 6) is 6.73. The lowest BCUT2D eigenvalue weighted by Gasteiger charge is -2.11.